The Morgan fingerprint density at radius 2 is 2.20 bits per heavy atom. The third kappa shape index (κ3) is 2.69. The first-order valence-electron chi connectivity index (χ1n) is 3.99. The van der Waals surface area contributed by atoms with E-state index in [0.29, 0.717) is 6.07 Å². The maximum Gasteiger partial charge on any atom is 0.264 e. The Bertz CT molecular complexity index is 401. The Labute approximate surface area is 92.9 Å². The van der Waals surface area contributed by atoms with Crippen LogP contribution in [0.3, 0.4) is 0 Å². The molecule has 1 aromatic rings. The number of halogens is 4. The molecule has 0 aliphatic rings. The number of nitrogens with zero attached hydrogens (tertiary/aromatic N) is 2. The van der Waals surface area contributed by atoms with Crippen LogP contribution in [0.5, 0.6) is 0 Å². The third-order valence-corrected chi connectivity index (χ3v) is 2.39. The molecule has 0 radical (unpaired) electrons. The highest BCUT2D eigenvalue weighted by molar-refractivity contribution is 9.08. The Hall–Kier alpha value is -1.09. The van der Waals surface area contributed by atoms with Gasteiger partial charge in [-0.2, -0.15) is 9.65 Å². The maximum atomic E-state index is 12.9. The fourth-order valence-electron chi connectivity index (χ4n) is 1.18. The average Bonchev–Trinajstić information content (AvgIpc) is 2.17. The summed E-state index contributed by atoms with van der Waals surface area (Å²) in [4.78, 5) is 3.42. The number of alkyl halides is 3. The van der Waals surface area contributed by atoms with Gasteiger partial charge < -0.3 is 0 Å². The van der Waals surface area contributed by atoms with E-state index in [1.165, 1.54) is 0 Å². The van der Waals surface area contributed by atoms with Gasteiger partial charge in [0.25, 0.3) is 6.43 Å². The van der Waals surface area contributed by atoms with Crippen LogP contribution in [0.1, 0.15) is 23.2 Å². The standard InChI is InChI=1S/C9H6BrF3N2/c10-4-6-5(9(12)13)3-8(11)15-7(6)1-2-14/h3,9H,1,4H2. The summed E-state index contributed by atoms with van der Waals surface area (Å²) >= 11 is 3.02. The molecule has 0 fully saturated rings. The van der Waals surface area contributed by atoms with Crippen molar-refractivity contribution in [2.24, 2.45) is 0 Å². The van der Waals surface area contributed by atoms with E-state index in [1.54, 1.807) is 6.07 Å². The van der Waals surface area contributed by atoms with Crippen molar-refractivity contribution < 1.29 is 13.2 Å². The SMILES string of the molecule is N#CCc1nc(F)cc(C(F)F)c1CBr. The molecular formula is C9H6BrF3N2. The van der Waals surface area contributed by atoms with Crippen LogP contribution in [0.15, 0.2) is 6.07 Å². The lowest BCUT2D eigenvalue weighted by atomic mass is 10.1. The quantitative estimate of drug-likeness (QED) is 0.629. The number of hydrogen-bond acceptors (Lipinski definition) is 2. The second-order valence-electron chi connectivity index (χ2n) is 2.73. The Kier molecular flexibility index (Phi) is 4.09. The van der Waals surface area contributed by atoms with Gasteiger partial charge in [-0.3, -0.25) is 0 Å². The molecule has 0 aliphatic carbocycles. The average molecular weight is 279 g/mol. The van der Waals surface area contributed by atoms with Crippen molar-refractivity contribution in [3.63, 3.8) is 0 Å². The number of hydrogen-bond donors (Lipinski definition) is 0. The predicted molar refractivity (Wildman–Crippen MR) is 51.1 cm³/mol. The normalized spacial score (nSPS) is 10.4. The molecule has 15 heavy (non-hydrogen) atoms. The molecule has 0 unspecified atom stereocenters. The molecule has 0 aromatic carbocycles. The summed E-state index contributed by atoms with van der Waals surface area (Å²) in [6.07, 6.45) is -2.95. The minimum absolute atomic E-state index is 0.0599. The Morgan fingerprint density at radius 1 is 1.53 bits per heavy atom. The van der Waals surface area contributed by atoms with E-state index in [9.17, 15) is 13.2 Å². The lowest BCUT2D eigenvalue weighted by molar-refractivity contribution is 0.149. The molecule has 0 atom stereocenters. The summed E-state index contributed by atoms with van der Waals surface area (Å²) < 4.78 is 37.9. The van der Waals surface area contributed by atoms with Crippen LogP contribution >= 0.6 is 15.9 Å². The number of rotatable bonds is 3. The second kappa shape index (κ2) is 5.12. The van der Waals surface area contributed by atoms with Crippen LogP contribution in [0.4, 0.5) is 13.2 Å². The van der Waals surface area contributed by atoms with Crippen LogP contribution < -0.4 is 0 Å². The zero-order chi connectivity index (χ0) is 11.4. The van der Waals surface area contributed by atoms with Gasteiger partial charge in [0, 0.05) is 17.0 Å². The van der Waals surface area contributed by atoms with Gasteiger partial charge in [0.1, 0.15) is 0 Å². The summed E-state index contributed by atoms with van der Waals surface area (Å²) in [5, 5.41) is 8.57. The van der Waals surface area contributed by atoms with Gasteiger partial charge in [0.2, 0.25) is 5.95 Å². The molecule has 1 rings (SSSR count). The lowest BCUT2D eigenvalue weighted by Crippen LogP contribution is -2.04. The molecule has 6 heteroatoms. The summed E-state index contributed by atoms with van der Waals surface area (Å²) in [7, 11) is 0. The van der Waals surface area contributed by atoms with Gasteiger partial charge >= 0.3 is 0 Å². The molecule has 2 nitrogen and oxygen atoms in total. The van der Waals surface area contributed by atoms with E-state index >= 15 is 0 Å². The van der Waals surface area contributed by atoms with Crippen molar-refractivity contribution >= 4 is 15.9 Å². The summed E-state index contributed by atoms with van der Waals surface area (Å²) in [6, 6.07) is 2.45. The highest BCUT2D eigenvalue weighted by Gasteiger charge is 2.18. The Morgan fingerprint density at radius 3 is 2.67 bits per heavy atom. The summed E-state index contributed by atoms with van der Waals surface area (Å²) in [6.45, 7) is 0. The largest absolute Gasteiger partial charge is 0.264 e. The van der Waals surface area contributed by atoms with Crippen molar-refractivity contribution in [1.29, 1.82) is 5.26 Å². The van der Waals surface area contributed by atoms with Crippen LogP contribution in [-0.4, -0.2) is 4.98 Å². The number of pyridine rings is 1. The van der Waals surface area contributed by atoms with E-state index in [2.05, 4.69) is 20.9 Å². The zero-order valence-electron chi connectivity index (χ0n) is 7.48. The molecule has 0 spiro atoms. The van der Waals surface area contributed by atoms with Gasteiger partial charge in [-0.25, -0.2) is 13.8 Å². The van der Waals surface area contributed by atoms with Gasteiger partial charge in [0.15, 0.2) is 0 Å². The van der Waals surface area contributed by atoms with E-state index in [1.807, 2.05) is 0 Å². The van der Waals surface area contributed by atoms with Crippen LogP contribution in [-0.2, 0) is 11.8 Å². The van der Waals surface area contributed by atoms with Crippen LogP contribution in [0.25, 0.3) is 0 Å². The third-order valence-electron chi connectivity index (χ3n) is 1.83. The summed E-state index contributed by atoms with van der Waals surface area (Å²) in [5.41, 5.74) is -0.165. The highest BCUT2D eigenvalue weighted by atomic mass is 79.9. The van der Waals surface area contributed by atoms with Crippen molar-refractivity contribution in [1.82, 2.24) is 4.98 Å². The minimum Gasteiger partial charge on any atom is -0.223 e. The van der Waals surface area contributed by atoms with Crippen molar-refractivity contribution in [3.8, 4) is 6.07 Å². The maximum absolute atomic E-state index is 12.9. The molecule has 0 aliphatic heterocycles. The predicted octanol–water partition coefficient (Wildman–Crippen LogP) is 3.12. The number of nitriles is 1. The van der Waals surface area contributed by atoms with Gasteiger partial charge in [-0.05, 0) is 5.56 Å². The van der Waals surface area contributed by atoms with Crippen molar-refractivity contribution in [2.75, 3.05) is 0 Å². The van der Waals surface area contributed by atoms with Crippen LogP contribution in [0.2, 0.25) is 0 Å². The summed E-state index contributed by atoms with van der Waals surface area (Å²) in [5.74, 6) is -0.986. The van der Waals surface area contributed by atoms with Crippen molar-refractivity contribution in [2.45, 2.75) is 18.2 Å². The Balaban J connectivity index is 3.33. The smallest absolute Gasteiger partial charge is 0.223 e. The van der Waals surface area contributed by atoms with E-state index < -0.39 is 17.9 Å². The fourth-order valence-corrected chi connectivity index (χ4v) is 1.83. The molecule has 80 valence electrons. The second-order valence-corrected chi connectivity index (χ2v) is 3.29. The fraction of sp³-hybridized carbons (Fsp3) is 0.333. The van der Waals surface area contributed by atoms with Gasteiger partial charge in [-0.15, -0.1) is 0 Å². The molecule has 0 N–H and O–H groups in total. The molecule has 1 heterocycles. The lowest BCUT2D eigenvalue weighted by Gasteiger charge is -2.09. The zero-order valence-corrected chi connectivity index (χ0v) is 9.06. The number of aromatic nitrogens is 1. The minimum atomic E-state index is -2.77. The topological polar surface area (TPSA) is 36.7 Å². The van der Waals surface area contributed by atoms with E-state index in [-0.39, 0.29) is 23.0 Å². The first-order valence-corrected chi connectivity index (χ1v) is 5.11. The molecule has 0 amide bonds. The van der Waals surface area contributed by atoms with Gasteiger partial charge in [0.05, 0.1) is 18.2 Å². The molecule has 0 saturated carbocycles. The molecular weight excluding hydrogens is 273 g/mol. The van der Waals surface area contributed by atoms with Gasteiger partial charge in [-0.1, -0.05) is 15.9 Å². The van der Waals surface area contributed by atoms with E-state index in [4.69, 9.17) is 5.26 Å². The highest BCUT2D eigenvalue weighted by Crippen LogP contribution is 2.27. The first kappa shape index (κ1) is 12.0. The van der Waals surface area contributed by atoms with E-state index in [0.717, 1.165) is 0 Å². The first-order chi connectivity index (χ1) is 7.10. The molecule has 1 aromatic heterocycles. The monoisotopic (exact) mass is 278 g/mol. The van der Waals surface area contributed by atoms with Crippen molar-refractivity contribution in [3.05, 3.63) is 28.8 Å². The molecule has 0 saturated heterocycles. The molecule has 0 bridgehead atoms. The van der Waals surface area contributed by atoms with Crippen LogP contribution in [0, 0.1) is 17.3 Å².